The van der Waals surface area contributed by atoms with Gasteiger partial charge >= 0.3 is 0 Å². The molecule has 0 aliphatic carbocycles. The van der Waals surface area contributed by atoms with Crippen LogP contribution in [0.4, 0.5) is 0 Å². The zero-order chi connectivity index (χ0) is 13.1. The molecule has 2 aromatic rings. The molecule has 0 spiro atoms. The van der Waals surface area contributed by atoms with Gasteiger partial charge in [0.25, 0.3) is 5.89 Å². The van der Waals surface area contributed by atoms with Crippen molar-refractivity contribution in [1.29, 1.82) is 0 Å². The molecule has 1 fully saturated rings. The summed E-state index contributed by atoms with van der Waals surface area (Å²) in [5.41, 5.74) is 1.29. The van der Waals surface area contributed by atoms with Crippen LogP contribution in [0.25, 0.3) is 0 Å². The van der Waals surface area contributed by atoms with E-state index in [1.54, 1.807) is 0 Å². The van der Waals surface area contributed by atoms with Gasteiger partial charge in [0.2, 0.25) is 0 Å². The Morgan fingerprint density at radius 1 is 1.16 bits per heavy atom. The third-order valence-electron chi connectivity index (χ3n) is 3.47. The first-order valence-electron chi connectivity index (χ1n) is 6.83. The van der Waals surface area contributed by atoms with Gasteiger partial charge in [0.05, 0.1) is 6.10 Å². The molecule has 3 rings (SSSR count). The lowest BCUT2D eigenvalue weighted by atomic mass is 10.1. The fourth-order valence-corrected chi connectivity index (χ4v) is 2.38. The molecule has 2 heterocycles. The maximum absolute atomic E-state index is 5.73. The Labute approximate surface area is 112 Å². The Balaban J connectivity index is 1.59. The Morgan fingerprint density at radius 3 is 2.74 bits per heavy atom. The van der Waals surface area contributed by atoms with Gasteiger partial charge in [-0.05, 0) is 31.7 Å². The molecule has 1 aromatic heterocycles. The minimum atomic E-state index is -0.00650. The van der Waals surface area contributed by atoms with E-state index < -0.39 is 0 Å². The lowest BCUT2D eigenvalue weighted by Crippen LogP contribution is -2.01. The van der Waals surface area contributed by atoms with Crippen molar-refractivity contribution in [3.05, 3.63) is 47.6 Å². The van der Waals surface area contributed by atoms with Gasteiger partial charge in [-0.15, -0.1) is 0 Å². The second kappa shape index (κ2) is 5.53. The van der Waals surface area contributed by atoms with Crippen LogP contribution < -0.4 is 0 Å². The molecular weight excluding hydrogens is 240 g/mol. The van der Waals surface area contributed by atoms with Gasteiger partial charge in [-0.1, -0.05) is 35.5 Å². The molecule has 0 bridgehead atoms. The van der Waals surface area contributed by atoms with E-state index >= 15 is 0 Å². The summed E-state index contributed by atoms with van der Waals surface area (Å²) in [6, 6.07) is 10.3. The summed E-state index contributed by atoms with van der Waals surface area (Å²) in [6.45, 7) is 2.08. The Morgan fingerprint density at radius 2 is 2.00 bits per heavy atom. The van der Waals surface area contributed by atoms with Crippen molar-refractivity contribution >= 4 is 0 Å². The van der Waals surface area contributed by atoms with E-state index in [2.05, 4.69) is 29.2 Å². The zero-order valence-electron chi connectivity index (χ0n) is 11.1. The average molecular weight is 258 g/mol. The molecule has 100 valence electrons. The highest BCUT2D eigenvalue weighted by atomic mass is 16.5. The molecule has 0 radical (unpaired) electrons. The molecule has 4 nitrogen and oxygen atoms in total. The zero-order valence-corrected chi connectivity index (χ0v) is 11.1. The SMILES string of the molecule is C[C@@H]1CC[C@H](c2nc(CCc3ccccc3)no2)O1. The van der Waals surface area contributed by atoms with E-state index in [9.17, 15) is 0 Å². The molecule has 0 N–H and O–H groups in total. The number of hydrogen-bond acceptors (Lipinski definition) is 4. The number of benzene rings is 1. The van der Waals surface area contributed by atoms with E-state index in [1.807, 2.05) is 18.2 Å². The quantitative estimate of drug-likeness (QED) is 0.845. The topological polar surface area (TPSA) is 48.2 Å². The van der Waals surface area contributed by atoms with Gasteiger partial charge < -0.3 is 9.26 Å². The van der Waals surface area contributed by atoms with Crippen LogP contribution in [-0.2, 0) is 17.6 Å². The standard InChI is InChI=1S/C15H18N2O2/c1-11-7-9-13(18-11)15-16-14(17-19-15)10-8-12-5-3-2-4-6-12/h2-6,11,13H,7-10H2,1H3/t11-,13-/m1/s1. The molecule has 1 aliphatic heterocycles. The maximum Gasteiger partial charge on any atom is 0.255 e. The molecule has 1 aromatic carbocycles. The molecule has 1 aliphatic rings. The van der Waals surface area contributed by atoms with E-state index in [-0.39, 0.29) is 6.10 Å². The lowest BCUT2D eigenvalue weighted by Gasteiger charge is -2.04. The van der Waals surface area contributed by atoms with Gasteiger partial charge in [-0.3, -0.25) is 0 Å². The number of nitrogens with zero attached hydrogens (tertiary/aromatic N) is 2. The summed E-state index contributed by atoms with van der Waals surface area (Å²) < 4.78 is 11.0. The fourth-order valence-electron chi connectivity index (χ4n) is 2.38. The summed E-state index contributed by atoms with van der Waals surface area (Å²) in [5.74, 6) is 1.40. The Hall–Kier alpha value is -1.68. The number of hydrogen-bond donors (Lipinski definition) is 0. The van der Waals surface area contributed by atoms with Gasteiger partial charge in [0, 0.05) is 6.42 Å². The highest BCUT2D eigenvalue weighted by Gasteiger charge is 2.28. The molecule has 19 heavy (non-hydrogen) atoms. The van der Waals surface area contributed by atoms with Crippen molar-refractivity contribution in [3.63, 3.8) is 0 Å². The van der Waals surface area contributed by atoms with Crippen LogP contribution in [0.1, 0.15) is 43.1 Å². The molecule has 0 amide bonds. The maximum atomic E-state index is 5.73. The van der Waals surface area contributed by atoms with Gasteiger partial charge in [0.1, 0.15) is 6.10 Å². The molecule has 0 unspecified atom stereocenters. The third-order valence-corrected chi connectivity index (χ3v) is 3.47. The molecule has 1 saturated heterocycles. The number of rotatable bonds is 4. The second-order valence-corrected chi connectivity index (χ2v) is 5.05. The first-order chi connectivity index (χ1) is 9.31. The van der Waals surface area contributed by atoms with E-state index in [0.717, 1.165) is 31.5 Å². The van der Waals surface area contributed by atoms with Crippen LogP contribution in [0.15, 0.2) is 34.9 Å². The van der Waals surface area contributed by atoms with Crippen LogP contribution in [0.2, 0.25) is 0 Å². The van der Waals surface area contributed by atoms with E-state index in [4.69, 9.17) is 9.26 Å². The van der Waals surface area contributed by atoms with Crippen LogP contribution >= 0.6 is 0 Å². The van der Waals surface area contributed by atoms with Crippen LogP contribution in [0.3, 0.4) is 0 Å². The molecule has 0 saturated carbocycles. The van der Waals surface area contributed by atoms with E-state index in [1.165, 1.54) is 5.56 Å². The smallest absolute Gasteiger partial charge is 0.255 e. The fraction of sp³-hybridized carbons (Fsp3) is 0.467. The predicted molar refractivity (Wildman–Crippen MR) is 70.7 cm³/mol. The van der Waals surface area contributed by atoms with Gasteiger partial charge in [-0.25, -0.2) is 0 Å². The lowest BCUT2D eigenvalue weighted by molar-refractivity contribution is 0.0355. The summed E-state index contributed by atoms with van der Waals surface area (Å²) >= 11 is 0. The number of aryl methyl sites for hydroxylation is 2. The van der Waals surface area contributed by atoms with Gasteiger partial charge in [0.15, 0.2) is 5.82 Å². The largest absolute Gasteiger partial charge is 0.365 e. The summed E-state index contributed by atoms with van der Waals surface area (Å²) in [7, 11) is 0. The van der Waals surface area contributed by atoms with Crippen LogP contribution in [0, 0.1) is 0 Å². The van der Waals surface area contributed by atoms with Crippen molar-refractivity contribution in [2.45, 2.75) is 44.8 Å². The van der Waals surface area contributed by atoms with Crippen molar-refractivity contribution in [2.24, 2.45) is 0 Å². The van der Waals surface area contributed by atoms with Crippen molar-refractivity contribution in [1.82, 2.24) is 10.1 Å². The minimum Gasteiger partial charge on any atom is -0.365 e. The number of ether oxygens (including phenoxy) is 1. The normalized spacial score (nSPS) is 22.8. The van der Waals surface area contributed by atoms with Crippen LogP contribution in [0.5, 0.6) is 0 Å². The monoisotopic (exact) mass is 258 g/mol. The summed E-state index contributed by atoms with van der Waals surface area (Å²) in [6.07, 6.45) is 4.06. The van der Waals surface area contributed by atoms with Gasteiger partial charge in [-0.2, -0.15) is 4.98 Å². The predicted octanol–water partition coefficient (Wildman–Crippen LogP) is 3.09. The average Bonchev–Trinajstić information content (AvgIpc) is 3.06. The summed E-state index contributed by atoms with van der Waals surface area (Å²) in [4.78, 5) is 4.44. The molecule has 2 atom stereocenters. The minimum absolute atomic E-state index is 0.00650. The molecular formula is C15H18N2O2. The Kier molecular flexibility index (Phi) is 3.60. The molecule has 4 heteroatoms. The van der Waals surface area contributed by atoms with Crippen molar-refractivity contribution < 1.29 is 9.26 Å². The second-order valence-electron chi connectivity index (χ2n) is 5.05. The first-order valence-corrected chi connectivity index (χ1v) is 6.83. The van der Waals surface area contributed by atoms with E-state index in [0.29, 0.717) is 12.0 Å². The number of aromatic nitrogens is 2. The Bertz CT molecular complexity index is 524. The van der Waals surface area contributed by atoms with Crippen molar-refractivity contribution in [2.75, 3.05) is 0 Å². The highest BCUT2D eigenvalue weighted by molar-refractivity contribution is 5.15. The van der Waals surface area contributed by atoms with Crippen molar-refractivity contribution in [3.8, 4) is 0 Å². The summed E-state index contributed by atoms with van der Waals surface area (Å²) in [5, 5.41) is 4.03. The van der Waals surface area contributed by atoms with Crippen LogP contribution in [-0.4, -0.2) is 16.2 Å². The third kappa shape index (κ3) is 3.01. The highest BCUT2D eigenvalue weighted by Crippen LogP contribution is 2.31. The first kappa shape index (κ1) is 12.4.